The van der Waals surface area contributed by atoms with E-state index >= 15 is 0 Å². The zero-order valence-corrected chi connectivity index (χ0v) is 9.63. The van der Waals surface area contributed by atoms with Gasteiger partial charge in [0.2, 0.25) is 5.28 Å². The second-order valence-corrected chi connectivity index (χ2v) is 3.53. The lowest BCUT2D eigenvalue weighted by molar-refractivity contribution is 0.192. The van der Waals surface area contributed by atoms with E-state index in [1.807, 2.05) is 0 Å². The molecule has 0 aliphatic carbocycles. The Kier molecular flexibility index (Phi) is 6.04. The molecular weight excluding hydrogens is 214 g/mol. The number of halogens is 1. The number of methoxy groups -OCH3 is 1. The van der Waals surface area contributed by atoms with Gasteiger partial charge in [0.15, 0.2) is 0 Å². The van der Waals surface area contributed by atoms with Crippen molar-refractivity contribution >= 4 is 17.4 Å². The number of ether oxygens (including phenoxy) is 1. The first-order chi connectivity index (χ1) is 7.33. The summed E-state index contributed by atoms with van der Waals surface area (Å²) >= 11 is 5.65. The molecule has 1 N–H and O–H groups in total. The largest absolute Gasteiger partial charge is 0.385 e. The molecular formula is C10H16ClN3O. The van der Waals surface area contributed by atoms with E-state index < -0.39 is 0 Å². The molecule has 1 aromatic rings. The highest BCUT2D eigenvalue weighted by atomic mass is 35.5. The van der Waals surface area contributed by atoms with Gasteiger partial charge in [0.05, 0.1) is 0 Å². The molecule has 0 fully saturated rings. The van der Waals surface area contributed by atoms with Crippen LogP contribution in [0.4, 0.5) is 5.82 Å². The van der Waals surface area contributed by atoms with Gasteiger partial charge in [-0.25, -0.2) is 9.97 Å². The third-order valence-electron chi connectivity index (χ3n) is 1.96. The van der Waals surface area contributed by atoms with Gasteiger partial charge in [-0.2, -0.15) is 0 Å². The van der Waals surface area contributed by atoms with Gasteiger partial charge in [-0.3, -0.25) is 0 Å². The van der Waals surface area contributed by atoms with Gasteiger partial charge < -0.3 is 10.1 Å². The molecule has 15 heavy (non-hydrogen) atoms. The Morgan fingerprint density at radius 2 is 2.27 bits per heavy atom. The van der Waals surface area contributed by atoms with Crippen molar-refractivity contribution in [1.29, 1.82) is 0 Å². The molecule has 0 unspecified atom stereocenters. The highest BCUT2D eigenvalue weighted by Gasteiger charge is 1.95. The molecule has 1 heterocycles. The van der Waals surface area contributed by atoms with Crippen LogP contribution in [0, 0.1) is 0 Å². The number of aromatic nitrogens is 2. The van der Waals surface area contributed by atoms with E-state index in [0.29, 0.717) is 0 Å². The van der Waals surface area contributed by atoms with Crippen LogP contribution < -0.4 is 5.32 Å². The SMILES string of the molecule is COCCCCCNc1ccnc(Cl)n1. The smallest absolute Gasteiger partial charge is 0.224 e. The average Bonchev–Trinajstić information content (AvgIpc) is 2.23. The maximum Gasteiger partial charge on any atom is 0.224 e. The van der Waals surface area contributed by atoms with E-state index in [-0.39, 0.29) is 5.28 Å². The van der Waals surface area contributed by atoms with Crippen LogP contribution in [0.5, 0.6) is 0 Å². The fraction of sp³-hybridized carbons (Fsp3) is 0.600. The van der Waals surface area contributed by atoms with Crippen LogP contribution in [-0.4, -0.2) is 30.2 Å². The van der Waals surface area contributed by atoms with Crippen molar-refractivity contribution in [3.8, 4) is 0 Å². The zero-order valence-electron chi connectivity index (χ0n) is 8.87. The lowest BCUT2D eigenvalue weighted by atomic mass is 10.2. The summed E-state index contributed by atoms with van der Waals surface area (Å²) in [5.74, 6) is 0.779. The van der Waals surface area contributed by atoms with Gasteiger partial charge in [-0.05, 0) is 36.9 Å². The summed E-state index contributed by atoms with van der Waals surface area (Å²) in [6, 6.07) is 1.81. The van der Waals surface area contributed by atoms with Crippen LogP contribution in [0.25, 0.3) is 0 Å². The Hall–Kier alpha value is -0.870. The van der Waals surface area contributed by atoms with Gasteiger partial charge in [0, 0.05) is 26.5 Å². The Balaban J connectivity index is 2.10. The molecule has 84 valence electrons. The van der Waals surface area contributed by atoms with E-state index in [9.17, 15) is 0 Å². The van der Waals surface area contributed by atoms with Crippen LogP contribution >= 0.6 is 11.6 Å². The van der Waals surface area contributed by atoms with Crippen molar-refractivity contribution < 1.29 is 4.74 Å². The molecule has 0 atom stereocenters. The van der Waals surface area contributed by atoms with E-state index in [2.05, 4.69) is 15.3 Å². The molecule has 4 nitrogen and oxygen atoms in total. The summed E-state index contributed by atoms with van der Waals surface area (Å²) in [7, 11) is 1.72. The molecule has 0 bridgehead atoms. The van der Waals surface area contributed by atoms with Crippen LogP contribution in [0.15, 0.2) is 12.3 Å². The Morgan fingerprint density at radius 3 is 3.00 bits per heavy atom. The normalized spacial score (nSPS) is 10.3. The minimum absolute atomic E-state index is 0.277. The number of hydrogen-bond donors (Lipinski definition) is 1. The van der Waals surface area contributed by atoms with Crippen molar-refractivity contribution in [1.82, 2.24) is 9.97 Å². The first-order valence-corrected chi connectivity index (χ1v) is 5.42. The van der Waals surface area contributed by atoms with Crippen molar-refractivity contribution in [2.24, 2.45) is 0 Å². The maximum atomic E-state index is 5.65. The summed E-state index contributed by atoms with van der Waals surface area (Å²) in [5, 5.41) is 3.46. The highest BCUT2D eigenvalue weighted by molar-refractivity contribution is 6.28. The van der Waals surface area contributed by atoms with Crippen LogP contribution in [-0.2, 0) is 4.74 Å². The maximum absolute atomic E-state index is 5.65. The number of hydrogen-bond acceptors (Lipinski definition) is 4. The second kappa shape index (κ2) is 7.43. The predicted octanol–water partition coefficient (Wildman–Crippen LogP) is 2.36. The lowest BCUT2D eigenvalue weighted by Gasteiger charge is -2.04. The number of anilines is 1. The second-order valence-electron chi connectivity index (χ2n) is 3.19. The predicted molar refractivity (Wildman–Crippen MR) is 61.3 cm³/mol. The van der Waals surface area contributed by atoms with Crippen molar-refractivity contribution in [3.63, 3.8) is 0 Å². The van der Waals surface area contributed by atoms with E-state index in [1.165, 1.54) is 0 Å². The molecule has 1 aromatic heterocycles. The molecule has 0 saturated heterocycles. The molecule has 0 aromatic carbocycles. The molecule has 0 aliphatic heterocycles. The minimum atomic E-state index is 0.277. The number of rotatable bonds is 7. The van der Waals surface area contributed by atoms with Crippen LogP contribution in [0.2, 0.25) is 5.28 Å². The molecule has 0 amide bonds. The lowest BCUT2D eigenvalue weighted by Crippen LogP contribution is -2.04. The topological polar surface area (TPSA) is 47.0 Å². The minimum Gasteiger partial charge on any atom is -0.385 e. The Labute approximate surface area is 95.0 Å². The first-order valence-electron chi connectivity index (χ1n) is 5.04. The number of nitrogens with one attached hydrogen (secondary N) is 1. The summed E-state index contributed by atoms with van der Waals surface area (Å²) in [6.45, 7) is 1.73. The third-order valence-corrected chi connectivity index (χ3v) is 2.14. The van der Waals surface area contributed by atoms with Gasteiger partial charge in [0.25, 0.3) is 0 Å². The van der Waals surface area contributed by atoms with E-state index in [1.54, 1.807) is 19.4 Å². The first kappa shape index (κ1) is 12.2. The van der Waals surface area contributed by atoms with E-state index in [4.69, 9.17) is 16.3 Å². The number of unbranched alkanes of at least 4 members (excludes halogenated alkanes) is 2. The molecule has 0 saturated carbocycles. The fourth-order valence-electron chi connectivity index (χ4n) is 1.20. The van der Waals surface area contributed by atoms with Crippen molar-refractivity contribution in [2.75, 3.05) is 25.6 Å². The summed E-state index contributed by atoms with van der Waals surface area (Å²) < 4.78 is 4.96. The molecule has 0 aliphatic rings. The summed E-state index contributed by atoms with van der Waals surface area (Å²) in [5.41, 5.74) is 0. The van der Waals surface area contributed by atoms with Gasteiger partial charge in [0.1, 0.15) is 5.82 Å². The number of nitrogens with zero attached hydrogens (tertiary/aromatic N) is 2. The summed E-state index contributed by atoms with van der Waals surface area (Å²) in [4.78, 5) is 7.83. The van der Waals surface area contributed by atoms with Crippen LogP contribution in [0.1, 0.15) is 19.3 Å². The van der Waals surface area contributed by atoms with Crippen LogP contribution in [0.3, 0.4) is 0 Å². The molecule has 5 heteroatoms. The van der Waals surface area contributed by atoms with Crippen molar-refractivity contribution in [2.45, 2.75) is 19.3 Å². The van der Waals surface area contributed by atoms with Gasteiger partial charge in [-0.15, -0.1) is 0 Å². The molecule has 0 spiro atoms. The van der Waals surface area contributed by atoms with Gasteiger partial charge >= 0.3 is 0 Å². The molecule has 0 radical (unpaired) electrons. The third kappa shape index (κ3) is 5.54. The molecule has 1 rings (SSSR count). The van der Waals surface area contributed by atoms with Gasteiger partial charge in [-0.1, -0.05) is 0 Å². The quantitative estimate of drug-likeness (QED) is 0.576. The fourth-order valence-corrected chi connectivity index (χ4v) is 1.35. The average molecular weight is 230 g/mol. The Morgan fingerprint density at radius 1 is 1.40 bits per heavy atom. The summed E-state index contributed by atoms with van der Waals surface area (Å²) in [6.07, 6.45) is 5.00. The highest BCUT2D eigenvalue weighted by Crippen LogP contribution is 2.06. The monoisotopic (exact) mass is 229 g/mol. The van der Waals surface area contributed by atoms with Crippen molar-refractivity contribution in [3.05, 3.63) is 17.5 Å². The zero-order chi connectivity index (χ0) is 10.9. The Bertz CT molecular complexity index is 283. The standard InChI is InChI=1S/C10H16ClN3O/c1-15-8-4-2-3-6-12-9-5-7-13-10(11)14-9/h5,7H,2-4,6,8H2,1H3,(H,12,13,14). The van der Waals surface area contributed by atoms with E-state index in [0.717, 1.165) is 38.2 Å².